The van der Waals surface area contributed by atoms with E-state index in [1.807, 2.05) is 30.3 Å². The van der Waals surface area contributed by atoms with Gasteiger partial charge in [0.1, 0.15) is 11.6 Å². The fraction of sp³-hybridized carbons (Fsp3) is 0.333. The van der Waals surface area contributed by atoms with E-state index in [1.165, 1.54) is 12.1 Å². The van der Waals surface area contributed by atoms with Crippen LogP contribution in [0.5, 0.6) is 5.75 Å². The Balaban J connectivity index is 2.16. The van der Waals surface area contributed by atoms with E-state index in [9.17, 15) is 4.39 Å². The Bertz CT molecular complexity index is 568. The van der Waals surface area contributed by atoms with Crippen LogP contribution in [-0.2, 0) is 0 Å². The fourth-order valence-corrected chi connectivity index (χ4v) is 2.53. The monoisotopic (exact) mass is 287 g/mol. The molecule has 1 N–H and O–H groups in total. The second-order valence-corrected chi connectivity index (χ2v) is 5.14. The lowest BCUT2D eigenvalue weighted by molar-refractivity contribution is 0.388. The van der Waals surface area contributed by atoms with Crippen LogP contribution in [0.3, 0.4) is 0 Å². The van der Waals surface area contributed by atoms with Crippen LogP contribution in [0.15, 0.2) is 48.5 Å². The molecule has 2 unspecified atom stereocenters. The molecule has 0 bridgehead atoms. The molecule has 2 nitrogen and oxygen atoms in total. The Morgan fingerprint density at radius 3 is 2.38 bits per heavy atom. The van der Waals surface area contributed by atoms with Gasteiger partial charge in [0.15, 0.2) is 0 Å². The van der Waals surface area contributed by atoms with E-state index in [0.29, 0.717) is 0 Å². The van der Waals surface area contributed by atoms with Gasteiger partial charge in [-0.15, -0.1) is 0 Å². The number of halogens is 1. The SMILES string of the molecule is CCC(NC(C)c1ccc(F)cc1)c1ccccc1OC. The molecule has 0 heterocycles. The average molecular weight is 287 g/mol. The van der Waals surface area contributed by atoms with Crippen molar-refractivity contribution in [2.45, 2.75) is 32.4 Å². The van der Waals surface area contributed by atoms with Gasteiger partial charge in [0.2, 0.25) is 0 Å². The summed E-state index contributed by atoms with van der Waals surface area (Å²) >= 11 is 0. The zero-order valence-corrected chi connectivity index (χ0v) is 12.8. The molecule has 0 aliphatic carbocycles. The third-order valence-corrected chi connectivity index (χ3v) is 3.74. The standard InChI is InChI=1S/C18H22FNO/c1-4-17(16-7-5-6-8-18(16)21-3)20-13(2)14-9-11-15(19)12-10-14/h5-13,17,20H,4H2,1-3H3. The molecular weight excluding hydrogens is 265 g/mol. The highest BCUT2D eigenvalue weighted by Gasteiger charge is 2.17. The fourth-order valence-electron chi connectivity index (χ4n) is 2.53. The van der Waals surface area contributed by atoms with Gasteiger partial charge >= 0.3 is 0 Å². The van der Waals surface area contributed by atoms with Gasteiger partial charge in [-0.25, -0.2) is 4.39 Å². The Morgan fingerprint density at radius 2 is 1.76 bits per heavy atom. The zero-order chi connectivity index (χ0) is 15.2. The number of hydrogen-bond donors (Lipinski definition) is 1. The lowest BCUT2D eigenvalue weighted by atomic mass is 10.0. The van der Waals surface area contributed by atoms with Gasteiger partial charge in [0.05, 0.1) is 7.11 Å². The number of hydrogen-bond acceptors (Lipinski definition) is 2. The first-order chi connectivity index (χ1) is 10.2. The summed E-state index contributed by atoms with van der Waals surface area (Å²) in [6, 6.07) is 15.0. The highest BCUT2D eigenvalue weighted by molar-refractivity contribution is 5.36. The minimum absolute atomic E-state index is 0.139. The molecule has 0 amide bonds. The molecule has 0 radical (unpaired) electrons. The van der Waals surface area contributed by atoms with Gasteiger partial charge in [-0.05, 0) is 37.1 Å². The summed E-state index contributed by atoms with van der Waals surface area (Å²) in [7, 11) is 1.69. The minimum atomic E-state index is -0.206. The second-order valence-electron chi connectivity index (χ2n) is 5.14. The van der Waals surface area contributed by atoms with Crippen LogP contribution in [0.2, 0.25) is 0 Å². The van der Waals surface area contributed by atoms with E-state index in [1.54, 1.807) is 7.11 Å². The summed E-state index contributed by atoms with van der Waals surface area (Å²) in [4.78, 5) is 0. The molecule has 2 atom stereocenters. The van der Waals surface area contributed by atoms with Crippen molar-refractivity contribution in [1.82, 2.24) is 5.32 Å². The Labute approximate surface area is 126 Å². The summed E-state index contributed by atoms with van der Waals surface area (Å²) in [6.45, 7) is 4.23. The lowest BCUT2D eigenvalue weighted by Crippen LogP contribution is -2.24. The molecule has 21 heavy (non-hydrogen) atoms. The number of benzene rings is 2. The van der Waals surface area contributed by atoms with Crippen LogP contribution in [0.4, 0.5) is 4.39 Å². The molecule has 2 aromatic rings. The van der Waals surface area contributed by atoms with Crippen LogP contribution >= 0.6 is 0 Å². The van der Waals surface area contributed by atoms with Crippen LogP contribution < -0.4 is 10.1 Å². The van der Waals surface area contributed by atoms with Crippen molar-refractivity contribution in [2.75, 3.05) is 7.11 Å². The molecule has 3 heteroatoms. The first-order valence-corrected chi connectivity index (χ1v) is 7.30. The molecule has 0 aliphatic rings. The third kappa shape index (κ3) is 3.82. The zero-order valence-electron chi connectivity index (χ0n) is 12.8. The summed E-state index contributed by atoms with van der Waals surface area (Å²) in [5.41, 5.74) is 2.22. The van der Waals surface area contributed by atoms with Crippen molar-refractivity contribution in [1.29, 1.82) is 0 Å². The van der Waals surface area contributed by atoms with E-state index >= 15 is 0 Å². The second kappa shape index (κ2) is 7.23. The summed E-state index contributed by atoms with van der Waals surface area (Å²) < 4.78 is 18.4. The molecule has 0 spiro atoms. The van der Waals surface area contributed by atoms with Crippen molar-refractivity contribution in [3.8, 4) is 5.75 Å². The van der Waals surface area contributed by atoms with E-state index in [2.05, 4.69) is 25.2 Å². The molecule has 0 saturated heterocycles. The van der Waals surface area contributed by atoms with Gasteiger partial charge < -0.3 is 10.1 Å². The third-order valence-electron chi connectivity index (χ3n) is 3.74. The number of methoxy groups -OCH3 is 1. The topological polar surface area (TPSA) is 21.3 Å². The molecule has 0 aliphatic heterocycles. The molecular formula is C18H22FNO. The van der Waals surface area contributed by atoms with Crippen LogP contribution in [-0.4, -0.2) is 7.11 Å². The Hall–Kier alpha value is -1.87. The maximum Gasteiger partial charge on any atom is 0.123 e. The number of rotatable bonds is 6. The Kier molecular flexibility index (Phi) is 5.34. The summed E-state index contributed by atoms with van der Waals surface area (Å²) in [6.07, 6.45) is 0.950. The van der Waals surface area contributed by atoms with Crippen molar-refractivity contribution < 1.29 is 9.13 Å². The van der Waals surface area contributed by atoms with Gasteiger partial charge in [-0.2, -0.15) is 0 Å². The maximum absolute atomic E-state index is 13.0. The Morgan fingerprint density at radius 1 is 1.10 bits per heavy atom. The normalized spacial score (nSPS) is 13.7. The van der Waals surface area contributed by atoms with Gasteiger partial charge in [0, 0.05) is 17.6 Å². The molecule has 2 aromatic carbocycles. The highest BCUT2D eigenvalue weighted by Crippen LogP contribution is 2.29. The summed E-state index contributed by atoms with van der Waals surface area (Å²) in [5, 5.41) is 3.59. The van der Waals surface area contributed by atoms with E-state index in [4.69, 9.17) is 4.74 Å². The van der Waals surface area contributed by atoms with E-state index < -0.39 is 0 Å². The summed E-state index contributed by atoms with van der Waals surface area (Å²) in [5.74, 6) is 0.686. The molecule has 0 saturated carbocycles. The maximum atomic E-state index is 13.0. The number of nitrogens with one attached hydrogen (secondary N) is 1. The molecule has 2 rings (SSSR count). The lowest BCUT2D eigenvalue weighted by Gasteiger charge is -2.24. The smallest absolute Gasteiger partial charge is 0.123 e. The average Bonchev–Trinajstić information content (AvgIpc) is 2.53. The van der Waals surface area contributed by atoms with Gasteiger partial charge in [0.25, 0.3) is 0 Å². The van der Waals surface area contributed by atoms with Crippen molar-refractivity contribution in [3.05, 3.63) is 65.5 Å². The van der Waals surface area contributed by atoms with Crippen molar-refractivity contribution in [2.24, 2.45) is 0 Å². The van der Waals surface area contributed by atoms with Crippen molar-refractivity contribution in [3.63, 3.8) is 0 Å². The van der Waals surface area contributed by atoms with E-state index in [-0.39, 0.29) is 17.9 Å². The number of ether oxygens (including phenoxy) is 1. The predicted molar refractivity (Wildman–Crippen MR) is 84.0 cm³/mol. The quantitative estimate of drug-likeness (QED) is 0.836. The van der Waals surface area contributed by atoms with Crippen molar-refractivity contribution >= 4 is 0 Å². The van der Waals surface area contributed by atoms with Gasteiger partial charge in [-0.3, -0.25) is 0 Å². The highest BCUT2D eigenvalue weighted by atomic mass is 19.1. The van der Waals surface area contributed by atoms with Crippen LogP contribution in [0, 0.1) is 5.82 Å². The minimum Gasteiger partial charge on any atom is -0.496 e. The van der Waals surface area contributed by atoms with Crippen LogP contribution in [0.1, 0.15) is 43.5 Å². The van der Waals surface area contributed by atoms with Crippen LogP contribution in [0.25, 0.3) is 0 Å². The first kappa shape index (κ1) is 15.5. The van der Waals surface area contributed by atoms with Gasteiger partial charge in [-0.1, -0.05) is 37.3 Å². The predicted octanol–water partition coefficient (Wildman–Crippen LogP) is 4.64. The molecule has 0 fully saturated rings. The first-order valence-electron chi connectivity index (χ1n) is 7.30. The number of para-hydroxylation sites is 1. The largest absolute Gasteiger partial charge is 0.496 e. The molecule has 112 valence electrons. The van der Waals surface area contributed by atoms with E-state index in [0.717, 1.165) is 23.3 Å². The molecule has 0 aromatic heterocycles.